The molecular formula is C20H20N4O2. The summed E-state index contributed by atoms with van der Waals surface area (Å²) in [6.45, 7) is 3.95. The molecule has 0 atom stereocenters. The summed E-state index contributed by atoms with van der Waals surface area (Å²) in [5, 5.41) is 5.95. The van der Waals surface area contributed by atoms with Crippen molar-refractivity contribution < 1.29 is 9.53 Å². The molecule has 0 saturated heterocycles. The van der Waals surface area contributed by atoms with E-state index in [1.807, 2.05) is 56.3 Å². The Balaban J connectivity index is 1.80. The fourth-order valence-electron chi connectivity index (χ4n) is 2.50. The van der Waals surface area contributed by atoms with Crippen molar-refractivity contribution in [1.82, 2.24) is 9.97 Å². The third-order valence-electron chi connectivity index (χ3n) is 3.77. The van der Waals surface area contributed by atoms with Crippen LogP contribution in [0, 0.1) is 13.8 Å². The Bertz CT molecular complexity index is 941. The molecule has 2 aromatic carbocycles. The summed E-state index contributed by atoms with van der Waals surface area (Å²) in [7, 11) is 1.60. The van der Waals surface area contributed by atoms with Gasteiger partial charge in [-0.2, -0.15) is 0 Å². The molecule has 0 radical (unpaired) electrons. The molecule has 0 spiro atoms. The van der Waals surface area contributed by atoms with Gasteiger partial charge in [-0.3, -0.25) is 4.79 Å². The number of anilines is 3. The summed E-state index contributed by atoms with van der Waals surface area (Å²) in [5.74, 6) is 0.705. The van der Waals surface area contributed by atoms with Crippen LogP contribution >= 0.6 is 0 Å². The summed E-state index contributed by atoms with van der Waals surface area (Å²) in [5.41, 5.74) is 3.88. The molecule has 0 saturated carbocycles. The Kier molecular flexibility index (Phi) is 5.12. The number of methoxy groups -OCH3 is 1. The zero-order valence-corrected chi connectivity index (χ0v) is 14.9. The molecule has 0 bridgehead atoms. The average Bonchev–Trinajstić information content (AvgIpc) is 2.62. The normalized spacial score (nSPS) is 10.3. The van der Waals surface area contributed by atoms with Crippen molar-refractivity contribution in [3.63, 3.8) is 0 Å². The average molecular weight is 348 g/mol. The van der Waals surface area contributed by atoms with Crippen molar-refractivity contribution in [2.24, 2.45) is 0 Å². The van der Waals surface area contributed by atoms with E-state index < -0.39 is 0 Å². The van der Waals surface area contributed by atoms with Crippen molar-refractivity contribution in [2.45, 2.75) is 13.8 Å². The molecule has 2 N–H and O–H groups in total. The number of aryl methyl sites for hydroxylation is 2. The van der Waals surface area contributed by atoms with Crippen LogP contribution in [0.2, 0.25) is 0 Å². The molecule has 0 aliphatic rings. The van der Waals surface area contributed by atoms with Crippen molar-refractivity contribution in [1.29, 1.82) is 0 Å². The maximum absolute atomic E-state index is 12.5. The first-order chi connectivity index (χ1) is 12.5. The lowest BCUT2D eigenvalue weighted by molar-refractivity contribution is 0.102. The van der Waals surface area contributed by atoms with E-state index in [1.54, 1.807) is 19.4 Å². The number of rotatable bonds is 5. The Morgan fingerprint density at radius 2 is 1.85 bits per heavy atom. The second kappa shape index (κ2) is 7.65. The number of nitrogens with one attached hydrogen (secondary N) is 2. The lowest BCUT2D eigenvalue weighted by Crippen LogP contribution is -2.14. The number of aromatic nitrogens is 2. The Hall–Kier alpha value is -3.41. The van der Waals surface area contributed by atoms with Gasteiger partial charge in [0.25, 0.3) is 5.91 Å². The molecule has 6 nitrogen and oxygen atoms in total. The van der Waals surface area contributed by atoms with E-state index in [0.29, 0.717) is 11.7 Å². The lowest BCUT2D eigenvalue weighted by atomic mass is 10.2. The third kappa shape index (κ3) is 4.16. The smallest absolute Gasteiger partial charge is 0.274 e. The number of hydrogen-bond acceptors (Lipinski definition) is 5. The van der Waals surface area contributed by atoms with Gasteiger partial charge in [0.2, 0.25) is 5.95 Å². The topological polar surface area (TPSA) is 76.1 Å². The number of carbonyl (C=O) groups excluding carboxylic acids is 1. The first-order valence-corrected chi connectivity index (χ1v) is 8.18. The fourth-order valence-corrected chi connectivity index (χ4v) is 2.50. The number of nitrogens with zero attached hydrogens (tertiary/aromatic N) is 2. The number of ether oxygens (including phenoxy) is 1. The highest BCUT2D eigenvalue weighted by Gasteiger charge is 2.11. The standard InChI is InChI=1S/C20H20N4O2/c1-13-5-4-6-15(11-13)22-19(25)16-9-10-21-20(23-16)24-17-12-14(2)7-8-18(17)26-3/h4-12H,1-3H3,(H,22,25)(H,21,23,24). The summed E-state index contributed by atoms with van der Waals surface area (Å²) in [6.07, 6.45) is 1.54. The maximum Gasteiger partial charge on any atom is 0.274 e. The van der Waals surface area contributed by atoms with Gasteiger partial charge in [-0.25, -0.2) is 9.97 Å². The van der Waals surface area contributed by atoms with E-state index in [2.05, 4.69) is 20.6 Å². The predicted octanol–water partition coefficient (Wildman–Crippen LogP) is 4.10. The van der Waals surface area contributed by atoms with Crippen LogP contribution in [0.3, 0.4) is 0 Å². The fraction of sp³-hybridized carbons (Fsp3) is 0.150. The molecule has 132 valence electrons. The second-order valence-corrected chi connectivity index (χ2v) is 5.92. The quantitative estimate of drug-likeness (QED) is 0.726. The molecule has 1 amide bonds. The zero-order valence-electron chi connectivity index (χ0n) is 14.9. The molecule has 26 heavy (non-hydrogen) atoms. The van der Waals surface area contributed by atoms with Gasteiger partial charge >= 0.3 is 0 Å². The second-order valence-electron chi connectivity index (χ2n) is 5.92. The summed E-state index contributed by atoms with van der Waals surface area (Å²) in [6, 6.07) is 14.9. The number of amides is 1. The summed E-state index contributed by atoms with van der Waals surface area (Å²) < 4.78 is 5.34. The molecule has 0 fully saturated rings. The maximum atomic E-state index is 12.5. The van der Waals surface area contributed by atoms with E-state index >= 15 is 0 Å². The van der Waals surface area contributed by atoms with Crippen LogP contribution in [0.15, 0.2) is 54.7 Å². The van der Waals surface area contributed by atoms with E-state index in [1.165, 1.54) is 0 Å². The number of hydrogen-bond donors (Lipinski definition) is 2. The molecule has 0 aliphatic heterocycles. The Labute approximate surface area is 152 Å². The van der Waals surface area contributed by atoms with Gasteiger partial charge in [-0.1, -0.05) is 18.2 Å². The molecular weight excluding hydrogens is 328 g/mol. The van der Waals surface area contributed by atoms with Crippen LogP contribution in [-0.2, 0) is 0 Å². The minimum absolute atomic E-state index is 0.274. The van der Waals surface area contributed by atoms with Crippen LogP contribution in [0.4, 0.5) is 17.3 Å². The van der Waals surface area contributed by atoms with Crippen LogP contribution < -0.4 is 15.4 Å². The summed E-state index contributed by atoms with van der Waals surface area (Å²) >= 11 is 0. The lowest BCUT2D eigenvalue weighted by Gasteiger charge is -2.11. The Morgan fingerprint density at radius 1 is 1.04 bits per heavy atom. The Morgan fingerprint density at radius 3 is 2.62 bits per heavy atom. The van der Waals surface area contributed by atoms with Gasteiger partial charge < -0.3 is 15.4 Å². The largest absolute Gasteiger partial charge is 0.495 e. The van der Waals surface area contributed by atoms with Crippen LogP contribution in [0.5, 0.6) is 5.75 Å². The molecule has 6 heteroatoms. The van der Waals surface area contributed by atoms with Crippen molar-refractivity contribution in [3.8, 4) is 5.75 Å². The predicted molar refractivity (Wildman–Crippen MR) is 102 cm³/mol. The monoisotopic (exact) mass is 348 g/mol. The van der Waals surface area contributed by atoms with Gasteiger partial charge in [0.15, 0.2) is 0 Å². The molecule has 3 aromatic rings. The third-order valence-corrected chi connectivity index (χ3v) is 3.77. The van der Waals surface area contributed by atoms with E-state index in [-0.39, 0.29) is 11.6 Å². The number of benzene rings is 2. The first-order valence-electron chi connectivity index (χ1n) is 8.18. The highest BCUT2D eigenvalue weighted by molar-refractivity contribution is 6.03. The van der Waals surface area contributed by atoms with Gasteiger partial charge in [0.05, 0.1) is 12.8 Å². The molecule has 0 aliphatic carbocycles. The molecule has 3 rings (SSSR count). The van der Waals surface area contributed by atoms with Crippen molar-refractivity contribution in [2.75, 3.05) is 17.7 Å². The van der Waals surface area contributed by atoms with E-state index in [4.69, 9.17) is 4.74 Å². The molecule has 0 unspecified atom stereocenters. The van der Waals surface area contributed by atoms with Crippen molar-refractivity contribution >= 4 is 23.2 Å². The van der Waals surface area contributed by atoms with Gasteiger partial charge in [0.1, 0.15) is 11.4 Å². The number of carbonyl (C=O) groups is 1. The van der Waals surface area contributed by atoms with E-state index in [9.17, 15) is 4.79 Å². The highest BCUT2D eigenvalue weighted by Crippen LogP contribution is 2.27. The molecule has 1 heterocycles. The van der Waals surface area contributed by atoms with Crippen LogP contribution in [0.25, 0.3) is 0 Å². The minimum atomic E-state index is -0.294. The van der Waals surface area contributed by atoms with Gasteiger partial charge in [-0.15, -0.1) is 0 Å². The van der Waals surface area contributed by atoms with Gasteiger partial charge in [0, 0.05) is 11.9 Å². The highest BCUT2D eigenvalue weighted by atomic mass is 16.5. The first kappa shape index (κ1) is 17.4. The van der Waals surface area contributed by atoms with Crippen LogP contribution in [0.1, 0.15) is 21.6 Å². The van der Waals surface area contributed by atoms with E-state index in [0.717, 1.165) is 22.5 Å². The van der Waals surface area contributed by atoms with Crippen molar-refractivity contribution in [3.05, 3.63) is 71.5 Å². The molecule has 1 aromatic heterocycles. The minimum Gasteiger partial charge on any atom is -0.495 e. The SMILES string of the molecule is COc1ccc(C)cc1Nc1nccc(C(=O)Nc2cccc(C)c2)n1. The zero-order chi connectivity index (χ0) is 18.5. The van der Waals surface area contributed by atoms with Gasteiger partial charge in [-0.05, 0) is 55.3 Å². The van der Waals surface area contributed by atoms with Crippen LogP contribution in [-0.4, -0.2) is 23.0 Å². The summed E-state index contributed by atoms with van der Waals surface area (Å²) in [4.78, 5) is 20.9.